The lowest BCUT2D eigenvalue weighted by atomic mass is 10.0. The summed E-state index contributed by atoms with van der Waals surface area (Å²) in [5, 5.41) is 3.61. The largest absolute Gasteiger partial charge is 0.310 e. The molecule has 0 amide bonds. The van der Waals surface area contributed by atoms with Crippen LogP contribution in [0.15, 0.2) is 28.7 Å². The van der Waals surface area contributed by atoms with Gasteiger partial charge in [-0.15, -0.1) is 0 Å². The Kier molecular flexibility index (Phi) is 3.60. The summed E-state index contributed by atoms with van der Waals surface area (Å²) in [5.41, 5.74) is 1.41. The first-order valence-electron chi connectivity index (χ1n) is 5.36. The van der Waals surface area contributed by atoms with E-state index in [-0.39, 0.29) is 0 Å². The fourth-order valence-corrected chi connectivity index (χ4v) is 2.61. The van der Waals surface area contributed by atoms with Crippen LogP contribution >= 0.6 is 15.9 Å². The minimum atomic E-state index is 0.549. The molecule has 0 radical (unpaired) electrons. The van der Waals surface area contributed by atoms with Crippen molar-refractivity contribution < 1.29 is 0 Å². The topological polar surface area (TPSA) is 12.0 Å². The first kappa shape index (κ1) is 10.2. The summed E-state index contributed by atoms with van der Waals surface area (Å²) in [4.78, 5) is 0. The normalized spacial score (nSPS) is 23.1. The van der Waals surface area contributed by atoms with E-state index in [0.717, 1.165) is 6.54 Å². The van der Waals surface area contributed by atoms with Gasteiger partial charge in [-0.1, -0.05) is 47.0 Å². The minimum Gasteiger partial charge on any atom is -0.310 e. The highest BCUT2D eigenvalue weighted by molar-refractivity contribution is 9.10. The molecular formula is C12H16BrN. The maximum atomic E-state index is 3.62. The van der Waals surface area contributed by atoms with Gasteiger partial charge in [0.25, 0.3) is 0 Å². The highest BCUT2D eigenvalue weighted by Gasteiger charge is 2.15. The molecule has 1 aliphatic rings. The lowest BCUT2D eigenvalue weighted by Gasteiger charge is -2.17. The van der Waals surface area contributed by atoms with Crippen LogP contribution < -0.4 is 5.32 Å². The van der Waals surface area contributed by atoms with Gasteiger partial charge in [0.1, 0.15) is 0 Å². The molecule has 1 saturated heterocycles. The van der Waals surface area contributed by atoms with Gasteiger partial charge in [-0.3, -0.25) is 0 Å². The summed E-state index contributed by atoms with van der Waals surface area (Å²) in [5.74, 6) is 0. The van der Waals surface area contributed by atoms with E-state index in [9.17, 15) is 0 Å². The molecule has 0 aliphatic carbocycles. The summed E-state index contributed by atoms with van der Waals surface area (Å²) < 4.78 is 1.24. The molecule has 1 N–H and O–H groups in total. The monoisotopic (exact) mass is 253 g/mol. The maximum Gasteiger partial charge on any atom is 0.0331 e. The van der Waals surface area contributed by atoms with E-state index < -0.39 is 0 Å². The van der Waals surface area contributed by atoms with Crippen molar-refractivity contribution in [2.75, 3.05) is 6.54 Å². The molecule has 0 spiro atoms. The molecule has 1 aromatic carbocycles. The third kappa shape index (κ3) is 2.37. The van der Waals surface area contributed by atoms with Gasteiger partial charge in [-0.05, 0) is 31.0 Å². The highest BCUT2D eigenvalue weighted by Crippen LogP contribution is 2.28. The SMILES string of the molecule is Brc1ccccc1C1CCCCCN1. The van der Waals surface area contributed by atoms with Crippen molar-refractivity contribution in [3.8, 4) is 0 Å². The number of halogens is 1. The first-order valence-corrected chi connectivity index (χ1v) is 6.15. The van der Waals surface area contributed by atoms with E-state index in [0.29, 0.717) is 6.04 Å². The van der Waals surface area contributed by atoms with Crippen LogP contribution in [0.4, 0.5) is 0 Å². The van der Waals surface area contributed by atoms with Crippen molar-refractivity contribution in [1.29, 1.82) is 0 Å². The highest BCUT2D eigenvalue weighted by atomic mass is 79.9. The molecule has 1 fully saturated rings. The van der Waals surface area contributed by atoms with E-state index >= 15 is 0 Å². The summed E-state index contributed by atoms with van der Waals surface area (Å²) >= 11 is 3.62. The molecule has 0 aromatic heterocycles. The average Bonchev–Trinajstić information content (AvgIpc) is 2.47. The summed E-state index contributed by atoms with van der Waals surface area (Å²) in [6, 6.07) is 9.08. The lowest BCUT2D eigenvalue weighted by Crippen LogP contribution is -2.20. The fraction of sp³-hybridized carbons (Fsp3) is 0.500. The van der Waals surface area contributed by atoms with Gasteiger partial charge >= 0.3 is 0 Å². The van der Waals surface area contributed by atoms with Crippen LogP contribution in [0.2, 0.25) is 0 Å². The quantitative estimate of drug-likeness (QED) is 0.806. The summed E-state index contributed by atoms with van der Waals surface area (Å²) in [6.07, 6.45) is 5.30. The Morgan fingerprint density at radius 2 is 2.00 bits per heavy atom. The Bertz CT molecular complexity index is 290. The Labute approximate surface area is 94.0 Å². The lowest BCUT2D eigenvalue weighted by molar-refractivity contribution is 0.533. The summed E-state index contributed by atoms with van der Waals surface area (Å²) in [6.45, 7) is 1.16. The van der Waals surface area contributed by atoms with Crippen molar-refractivity contribution in [3.63, 3.8) is 0 Å². The second-order valence-corrected chi connectivity index (χ2v) is 4.73. The molecule has 14 heavy (non-hydrogen) atoms. The molecule has 0 bridgehead atoms. The number of nitrogens with one attached hydrogen (secondary N) is 1. The Morgan fingerprint density at radius 1 is 1.14 bits per heavy atom. The van der Waals surface area contributed by atoms with Crippen molar-refractivity contribution in [1.82, 2.24) is 5.32 Å². The molecule has 1 aromatic rings. The van der Waals surface area contributed by atoms with Crippen molar-refractivity contribution >= 4 is 15.9 Å². The zero-order valence-corrected chi connectivity index (χ0v) is 9.89. The van der Waals surface area contributed by atoms with Gasteiger partial charge < -0.3 is 5.32 Å². The molecule has 2 heteroatoms. The molecule has 1 heterocycles. The second-order valence-electron chi connectivity index (χ2n) is 3.88. The molecule has 1 aliphatic heterocycles. The van der Waals surface area contributed by atoms with Crippen molar-refractivity contribution in [2.45, 2.75) is 31.7 Å². The molecule has 2 rings (SSSR count). The first-order chi connectivity index (χ1) is 6.88. The summed E-state index contributed by atoms with van der Waals surface area (Å²) in [7, 11) is 0. The number of hydrogen-bond donors (Lipinski definition) is 1. The van der Waals surface area contributed by atoms with E-state index in [1.807, 2.05) is 0 Å². The Hall–Kier alpha value is -0.340. The smallest absolute Gasteiger partial charge is 0.0331 e. The number of hydrogen-bond acceptors (Lipinski definition) is 1. The zero-order valence-electron chi connectivity index (χ0n) is 8.30. The number of rotatable bonds is 1. The molecule has 1 nitrogen and oxygen atoms in total. The van der Waals surface area contributed by atoms with Gasteiger partial charge in [0.05, 0.1) is 0 Å². The van der Waals surface area contributed by atoms with Crippen LogP contribution in [0, 0.1) is 0 Å². The predicted octanol–water partition coefficient (Wildman–Crippen LogP) is 3.65. The standard InChI is InChI=1S/C12H16BrN/c13-11-7-4-3-6-10(11)12-8-2-1-5-9-14-12/h3-4,6-7,12,14H,1-2,5,8-9H2. The van der Waals surface area contributed by atoms with Crippen LogP contribution in [0.5, 0.6) is 0 Å². The maximum absolute atomic E-state index is 3.62. The van der Waals surface area contributed by atoms with Crippen LogP contribution in [0.1, 0.15) is 37.3 Å². The fourth-order valence-electron chi connectivity index (χ4n) is 2.05. The van der Waals surface area contributed by atoms with Gasteiger partial charge in [-0.25, -0.2) is 0 Å². The van der Waals surface area contributed by atoms with E-state index in [4.69, 9.17) is 0 Å². The second kappa shape index (κ2) is 4.94. The molecule has 1 atom stereocenters. The van der Waals surface area contributed by atoms with E-state index in [2.05, 4.69) is 45.5 Å². The molecular weight excluding hydrogens is 238 g/mol. The minimum absolute atomic E-state index is 0.549. The third-order valence-electron chi connectivity index (χ3n) is 2.84. The van der Waals surface area contributed by atoms with Crippen LogP contribution in [-0.2, 0) is 0 Å². The molecule has 1 unspecified atom stereocenters. The van der Waals surface area contributed by atoms with E-state index in [1.54, 1.807) is 0 Å². The molecule has 0 saturated carbocycles. The zero-order chi connectivity index (χ0) is 9.80. The molecule has 76 valence electrons. The number of benzene rings is 1. The van der Waals surface area contributed by atoms with Gasteiger partial charge in [-0.2, -0.15) is 0 Å². The predicted molar refractivity (Wildman–Crippen MR) is 63.4 cm³/mol. The van der Waals surface area contributed by atoms with Crippen LogP contribution in [0.3, 0.4) is 0 Å². The third-order valence-corrected chi connectivity index (χ3v) is 3.56. The van der Waals surface area contributed by atoms with Crippen LogP contribution in [-0.4, -0.2) is 6.54 Å². The Balaban J connectivity index is 2.16. The van der Waals surface area contributed by atoms with Crippen LogP contribution in [0.25, 0.3) is 0 Å². The Morgan fingerprint density at radius 3 is 2.86 bits per heavy atom. The average molecular weight is 254 g/mol. The van der Waals surface area contributed by atoms with E-state index in [1.165, 1.54) is 35.7 Å². The van der Waals surface area contributed by atoms with Crippen molar-refractivity contribution in [2.24, 2.45) is 0 Å². The van der Waals surface area contributed by atoms with Gasteiger partial charge in [0.15, 0.2) is 0 Å². The van der Waals surface area contributed by atoms with Gasteiger partial charge in [0.2, 0.25) is 0 Å². The van der Waals surface area contributed by atoms with Crippen molar-refractivity contribution in [3.05, 3.63) is 34.3 Å². The van der Waals surface area contributed by atoms with Gasteiger partial charge in [0, 0.05) is 10.5 Å².